The minimum Gasteiger partial charge on any atom is -0.341 e. The van der Waals surface area contributed by atoms with E-state index in [1.807, 2.05) is 46.9 Å². The summed E-state index contributed by atoms with van der Waals surface area (Å²) in [6, 6.07) is 9.20. The summed E-state index contributed by atoms with van der Waals surface area (Å²) in [5.74, 6) is -0.0108. The number of nitrogens with one attached hydrogen (secondary N) is 1. The Balaban J connectivity index is 1.25. The molecule has 6 rings (SSSR count). The number of pyridine rings is 1. The van der Waals surface area contributed by atoms with Gasteiger partial charge in [0, 0.05) is 48.0 Å². The molecule has 5 aromatic rings. The number of amides is 1. The first kappa shape index (κ1) is 23.7. The van der Waals surface area contributed by atoms with E-state index in [9.17, 15) is 9.59 Å². The molecule has 1 aliphatic rings. The molecule has 1 N–H and O–H groups in total. The summed E-state index contributed by atoms with van der Waals surface area (Å²) >= 11 is 12.8. The third kappa shape index (κ3) is 4.08. The minimum atomic E-state index is -0.167. The molecule has 1 aliphatic heterocycles. The Morgan fingerprint density at radius 3 is 2.70 bits per heavy atom. The summed E-state index contributed by atoms with van der Waals surface area (Å²) in [5.41, 5.74) is 4.26. The number of imidazole rings is 1. The number of rotatable bonds is 4. The van der Waals surface area contributed by atoms with Crippen LogP contribution in [0.5, 0.6) is 0 Å². The van der Waals surface area contributed by atoms with Crippen LogP contribution in [0.15, 0.2) is 53.8 Å². The average Bonchev–Trinajstić information content (AvgIpc) is 3.43. The fourth-order valence-corrected chi connectivity index (χ4v) is 5.65. The number of aromatic nitrogens is 6. The van der Waals surface area contributed by atoms with E-state index in [-0.39, 0.29) is 24.2 Å². The Labute approximate surface area is 221 Å². The summed E-state index contributed by atoms with van der Waals surface area (Å²) in [7, 11) is 0. The van der Waals surface area contributed by atoms with Crippen LogP contribution in [0.2, 0.25) is 10.0 Å². The molecule has 0 atom stereocenters. The zero-order chi connectivity index (χ0) is 25.7. The molecule has 37 heavy (non-hydrogen) atoms. The molecule has 0 aliphatic carbocycles. The first-order valence-electron chi connectivity index (χ1n) is 12.0. The van der Waals surface area contributed by atoms with Crippen LogP contribution in [-0.2, 0) is 11.3 Å². The Kier molecular flexibility index (Phi) is 5.97. The molecular weight excluding hydrogens is 513 g/mol. The van der Waals surface area contributed by atoms with Crippen LogP contribution in [0.4, 0.5) is 0 Å². The number of aryl methyl sites for hydroxylation is 1. The lowest BCUT2D eigenvalue weighted by atomic mass is 10.0. The van der Waals surface area contributed by atoms with Gasteiger partial charge in [-0.3, -0.25) is 14.3 Å². The van der Waals surface area contributed by atoms with Gasteiger partial charge in [0.05, 0.1) is 21.3 Å². The number of carbonyl (C=O) groups is 1. The van der Waals surface area contributed by atoms with Crippen LogP contribution < -0.4 is 5.69 Å². The first-order valence-corrected chi connectivity index (χ1v) is 12.8. The molecule has 1 saturated heterocycles. The molecule has 0 spiro atoms. The standard InChI is InChI=1S/C26H23Cl2N7O2/c1-15-22-18(17-4-2-5-19(27)23(17)28)12-34(25(22)31-14-30-15)13-21(36)33-10-7-16(8-11-33)35-20-6-3-9-29-24(20)32-26(35)37/h2-6,9,12,14,16H,7-8,10-11,13H2,1H3,(H,29,32,37). The van der Waals surface area contributed by atoms with Crippen molar-refractivity contribution in [2.45, 2.75) is 32.4 Å². The molecular formula is C26H23Cl2N7O2. The highest BCUT2D eigenvalue weighted by atomic mass is 35.5. The van der Waals surface area contributed by atoms with E-state index in [0.29, 0.717) is 47.3 Å². The van der Waals surface area contributed by atoms with Gasteiger partial charge in [0.1, 0.15) is 18.5 Å². The number of nitrogens with zero attached hydrogens (tertiary/aromatic N) is 6. The lowest BCUT2D eigenvalue weighted by Crippen LogP contribution is -2.41. The summed E-state index contributed by atoms with van der Waals surface area (Å²) in [6.07, 6.45) is 6.43. The van der Waals surface area contributed by atoms with Gasteiger partial charge in [0.2, 0.25) is 5.91 Å². The predicted octanol–water partition coefficient (Wildman–Crippen LogP) is 4.62. The molecule has 188 valence electrons. The molecule has 5 heterocycles. The monoisotopic (exact) mass is 535 g/mol. The topological polar surface area (TPSA) is 102 Å². The highest BCUT2D eigenvalue weighted by Gasteiger charge is 2.27. The second kappa shape index (κ2) is 9.32. The smallest absolute Gasteiger partial charge is 0.327 e. The highest BCUT2D eigenvalue weighted by molar-refractivity contribution is 6.44. The van der Waals surface area contributed by atoms with Gasteiger partial charge in [0.25, 0.3) is 0 Å². The molecule has 0 bridgehead atoms. The van der Waals surface area contributed by atoms with Crippen LogP contribution in [-0.4, -0.2) is 53.0 Å². The Morgan fingerprint density at radius 2 is 1.89 bits per heavy atom. The van der Waals surface area contributed by atoms with E-state index >= 15 is 0 Å². The maximum atomic E-state index is 13.4. The number of piperidine rings is 1. The number of likely N-dealkylation sites (tertiary alicyclic amines) is 1. The molecule has 1 fully saturated rings. The van der Waals surface area contributed by atoms with Gasteiger partial charge in [-0.15, -0.1) is 0 Å². The van der Waals surface area contributed by atoms with Crippen LogP contribution in [0.25, 0.3) is 33.3 Å². The third-order valence-corrected chi connectivity index (χ3v) is 7.88. The molecule has 1 amide bonds. The van der Waals surface area contributed by atoms with Crippen LogP contribution >= 0.6 is 23.2 Å². The van der Waals surface area contributed by atoms with Gasteiger partial charge >= 0.3 is 5.69 Å². The number of hydrogen-bond acceptors (Lipinski definition) is 5. The summed E-state index contributed by atoms with van der Waals surface area (Å²) in [4.78, 5) is 43.7. The van der Waals surface area contributed by atoms with E-state index in [2.05, 4.69) is 19.9 Å². The van der Waals surface area contributed by atoms with E-state index in [1.54, 1.807) is 16.8 Å². The first-order chi connectivity index (χ1) is 17.9. The molecule has 11 heteroatoms. The van der Waals surface area contributed by atoms with Gasteiger partial charge in [0.15, 0.2) is 5.65 Å². The van der Waals surface area contributed by atoms with Gasteiger partial charge in [-0.1, -0.05) is 35.3 Å². The van der Waals surface area contributed by atoms with Crippen molar-refractivity contribution >= 4 is 51.3 Å². The molecule has 0 radical (unpaired) electrons. The Morgan fingerprint density at radius 1 is 1.08 bits per heavy atom. The van der Waals surface area contributed by atoms with Crippen molar-refractivity contribution in [3.63, 3.8) is 0 Å². The van der Waals surface area contributed by atoms with Gasteiger partial charge < -0.3 is 9.47 Å². The van der Waals surface area contributed by atoms with E-state index in [0.717, 1.165) is 27.7 Å². The van der Waals surface area contributed by atoms with Gasteiger partial charge in [-0.25, -0.2) is 19.7 Å². The number of halogens is 2. The number of aromatic amines is 1. The lowest BCUT2D eigenvalue weighted by Gasteiger charge is -2.32. The fraction of sp³-hybridized carbons (Fsp3) is 0.269. The Hall–Kier alpha value is -3.69. The number of fused-ring (bicyclic) bond motifs is 2. The van der Waals surface area contributed by atoms with Crippen molar-refractivity contribution in [2.75, 3.05) is 13.1 Å². The highest BCUT2D eigenvalue weighted by Crippen LogP contribution is 2.38. The van der Waals surface area contributed by atoms with Gasteiger partial charge in [-0.2, -0.15) is 0 Å². The van der Waals surface area contributed by atoms with Crippen molar-refractivity contribution in [3.8, 4) is 11.1 Å². The zero-order valence-corrected chi connectivity index (χ0v) is 21.5. The SMILES string of the molecule is Cc1ncnc2c1c(-c1cccc(Cl)c1Cl)cn2CC(=O)N1CCC(n2c(=O)[nH]c3ncccc32)CC1. The Bertz CT molecular complexity index is 1710. The van der Waals surface area contributed by atoms with E-state index < -0.39 is 0 Å². The van der Waals surface area contributed by atoms with E-state index in [1.165, 1.54) is 6.33 Å². The van der Waals surface area contributed by atoms with Crippen molar-refractivity contribution in [3.05, 3.63) is 75.3 Å². The fourth-order valence-electron chi connectivity index (χ4n) is 5.25. The third-order valence-electron chi connectivity index (χ3n) is 7.06. The van der Waals surface area contributed by atoms with Crippen LogP contribution in [0.1, 0.15) is 24.6 Å². The average molecular weight is 536 g/mol. The number of hydrogen-bond donors (Lipinski definition) is 1. The second-order valence-corrected chi connectivity index (χ2v) is 10.00. The minimum absolute atomic E-state index is 0.00822. The molecule has 4 aromatic heterocycles. The van der Waals surface area contributed by atoms with Gasteiger partial charge in [-0.05, 0) is 38.0 Å². The number of H-pyrrole nitrogens is 1. The predicted molar refractivity (Wildman–Crippen MR) is 143 cm³/mol. The quantitative estimate of drug-likeness (QED) is 0.362. The molecule has 9 nitrogen and oxygen atoms in total. The molecule has 0 saturated carbocycles. The van der Waals surface area contributed by atoms with Crippen molar-refractivity contribution in [1.29, 1.82) is 0 Å². The van der Waals surface area contributed by atoms with Crippen LogP contribution in [0, 0.1) is 6.92 Å². The maximum absolute atomic E-state index is 13.4. The molecule has 1 aromatic carbocycles. The van der Waals surface area contributed by atoms with Crippen molar-refractivity contribution in [2.24, 2.45) is 0 Å². The lowest BCUT2D eigenvalue weighted by molar-refractivity contribution is -0.133. The summed E-state index contributed by atoms with van der Waals surface area (Å²) < 4.78 is 3.62. The molecule has 0 unspecified atom stereocenters. The number of carbonyl (C=O) groups excluding carboxylic acids is 1. The van der Waals surface area contributed by atoms with Crippen LogP contribution in [0.3, 0.4) is 0 Å². The largest absolute Gasteiger partial charge is 0.341 e. The zero-order valence-electron chi connectivity index (χ0n) is 20.0. The van der Waals surface area contributed by atoms with Crippen molar-refractivity contribution in [1.82, 2.24) is 34.0 Å². The maximum Gasteiger partial charge on any atom is 0.327 e. The second-order valence-electron chi connectivity index (χ2n) is 9.21. The summed E-state index contributed by atoms with van der Waals surface area (Å²) in [6.45, 7) is 3.16. The van der Waals surface area contributed by atoms with E-state index in [4.69, 9.17) is 23.2 Å². The summed E-state index contributed by atoms with van der Waals surface area (Å²) in [5, 5.41) is 1.74. The number of benzene rings is 1. The van der Waals surface area contributed by atoms with Crippen molar-refractivity contribution < 1.29 is 4.79 Å². The normalized spacial score (nSPS) is 14.6.